The van der Waals surface area contributed by atoms with E-state index < -0.39 is 25.1 Å². The van der Waals surface area contributed by atoms with Crippen LogP contribution in [0.2, 0.25) is 0 Å². The van der Waals surface area contributed by atoms with Gasteiger partial charge in [0.05, 0.1) is 4.90 Å². The molecule has 0 spiro atoms. The molecule has 5 nitrogen and oxygen atoms in total. The average Bonchev–Trinajstić information content (AvgIpc) is 3.18. The first kappa shape index (κ1) is 19.8. The van der Waals surface area contributed by atoms with Gasteiger partial charge in [0.2, 0.25) is 10.0 Å². The van der Waals surface area contributed by atoms with Gasteiger partial charge in [-0.05, 0) is 36.1 Å². The van der Waals surface area contributed by atoms with Crippen molar-refractivity contribution in [2.45, 2.75) is 21.3 Å². The zero-order valence-corrected chi connectivity index (χ0v) is 17.0. The van der Waals surface area contributed by atoms with Crippen molar-refractivity contribution in [3.05, 3.63) is 83.2 Å². The first-order valence-electron chi connectivity index (χ1n) is 8.19. The molecule has 1 aromatic heterocycles. The summed E-state index contributed by atoms with van der Waals surface area (Å²) >= 11 is 1.12. The van der Waals surface area contributed by atoms with Crippen LogP contribution in [0, 0.1) is 6.92 Å². The third-order valence-electron chi connectivity index (χ3n) is 4.11. The minimum atomic E-state index is -3.82. The zero-order chi connectivity index (χ0) is 19.5. The van der Waals surface area contributed by atoms with E-state index in [1.54, 1.807) is 53.9 Å². The molecule has 0 saturated carbocycles. The highest BCUT2D eigenvalue weighted by Crippen LogP contribution is 2.31. The molecule has 0 amide bonds. The van der Waals surface area contributed by atoms with Crippen molar-refractivity contribution in [1.82, 2.24) is 4.72 Å². The number of aryl methyl sites for hydroxylation is 1. The number of benzene rings is 2. The first-order valence-corrected chi connectivity index (χ1v) is 12.1. The van der Waals surface area contributed by atoms with Crippen molar-refractivity contribution in [1.29, 1.82) is 0 Å². The summed E-state index contributed by atoms with van der Waals surface area (Å²) in [4.78, 5) is 0.105. The Morgan fingerprint density at radius 1 is 0.889 bits per heavy atom. The smallest absolute Gasteiger partial charge is 0.222 e. The number of hydrogen-bond acceptors (Lipinski definition) is 5. The molecule has 0 aliphatic carbocycles. The number of thiophene rings is 1. The molecule has 1 N–H and O–H groups in total. The molecule has 0 radical (unpaired) electrons. The SMILES string of the molecule is Cc1ccc(S(=O)(=O)NCC(c2ccccc2)S(=O)(=O)c2cccs2)cc1. The monoisotopic (exact) mass is 421 g/mol. The van der Waals surface area contributed by atoms with Crippen LogP contribution in [-0.4, -0.2) is 23.4 Å². The second-order valence-electron chi connectivity index (χ2n) is 6.04. The second-order valence-corrected chi connectivity index (χ2v) is 11.1. The minimum absolute atomic E-state index is 0.105. The molecule has 8 heteroatoms. The molecule has 0 saturated heterocycles. The van der Waals surface area contributed by atoms with Crippen LogP contribution in [0.3, 0.4) is 0 Å². The summed E-state index contributed by atoms with van der Waals surface area (Å²) in [6.45, 7) is 1.61. The summed E-state index contributed by atoms with van der Waals surface area (Å²) in [6, 6.07) is 18.2. The lowest BCUT2D eigenvalue weighted by atomic mass is 10.1. The van der Waals surface area contributed by atoms with E-state index in [1.807, 2.05) is 6.92 Å². The Bertz CT molecular complexity index is 1090. The van der Waals surface area contributed by atoms with Gasteiger partial charge in [0.15, 0.2) is 9.84 Å². The van der Waals surface area contributed by atoms with E-state index in [0.717, 1.165) is 16.9 Å². The Morgan fingerprint density at radius 2 is 1.56 bits per heavy atom. The molecular weight excluding hydrogens is 402 g/mol. The lowest BCUT2D eigenvalue weighted by molar-refractivity contribution is 0.570. The van der Waals surface area contributed by atoms with E-state index in [9.17, 15) is 16.8 Å². The van der Waals surface area contributed by atoms with Gasteiger partial charge in [-0.1, -0.05) is 54.1 Å². The van der Waals surface area contributed by atoms with Crippen LogP contribution >= 0.6 is 11.3 Å². The van der Waals surface area contributed by atoms with Crippen LogP contribution in [0.25, 0.3) is 0 Å². The fourth-order valence-electron chi connectivity index (χ4n) is 2.63. The van der Waals surface area contributed by atoms with E-state index in [0.29, 0.717) is 5.56 Å². The Balaban J connectivity index is 1.92. The highest BCUT2D eigenvalue weighted by atomic mass is 32.2. The van der Waals surface area contributed by atoms with E-state index in [2.05, 4.69) is 4.72 Å². The van der Waals surface area contributed by atoms with Crippen molar-refractivity contribution in [3.8, 4) is 0 Å². The number of sulfone groups is 1. The third-order valence-corrected chi connectivity index (χ3v) is 9.08. The molecule has 1 heterocycles. The number of sulfonamides is 1. The van der Waals surface area contributed by atoms with Gasteiger partial charge in [0.1, 0.15) is 9.46 Å². The van der Waals surface area contributed by atoms with Crippen molar-refractivity contribution >= 4 is 31.2 Å². The van der Waals surface area contributed by atoms with E-state index in [1.165, 1.54) is 18.2 Å². The van der Waals surface area contributed by atoms with Crippen molar-refractivity contribution in [3.63, 3.8) is 0 Å². The molecule has 1 atom stereocenters. The molecule has 0 fully saturated rings. The zero-order valence-electron chi connectivity index (χ0n) is 14.6. The number of rotatable bonds is 7. The quantitative estimate of drug-likeness (QED) is 0.633. The highest BCUT2D eigenvalue weighted by Gasteiger charge is 2.31. The molecule has 2 aromatic carbocycles. The van der Waals surface area contributed by atoms with Gasteiger partial charge >= 0.3 is 0 Å². The largest absolute Gasteiger partial charge is 0.240 e. The minimum Gasteiger partial charge on any atom is -0.222 e. The Kier molecular flexibility index (Phi) is 5.81. The predicted octanol–water partition coefficient (Wildman–Crippen LogP) is 3.55. The first-order chi connectivity index (χ1) is 12.8. The normalized spacial score (nSPS) is 13.4. The molecule has 3 rings (SSSR count). The molecule has 1 unspecified atom stereocenters. The van der Waals surface area contributed by atoms with E-state index in [4.69, 9.17) is 0 Å². The summed E-state index contributed by atoms with van der Waals surface area (Å²) in [5.74, 6) is 0. The molecule has 0 aliphatic heterocycles. The maximum Gasteiger partial charge on any atom is 0.240 e. The summed E-state index contributed by atoms with van der Waals surface area (Å²) in [5.41, 5.74) is 1.48. The Labute approximate surface area is 163 Å². The maximum atomic E-state index is 13.1. The van der Waals surface area contributed by atoms with Gasteiger partial charge in [-0.3, -0.25) is 0 Å². The maximum absolute atomic E-state index is 13.1. The van der Waals surface area contributed by atoms with Gasteiger partial charge in [-0.25, -0.2) is 21.6 Å². The van der Waals surface area contributed by atoms with Gasteiger partial charge in [-0.15, -0.1) is 11.3 Å². The Hall–Kier alpha value is -2.00. The van der Waals surface area contributed by atoms with E-state index in [-0.39, 0.29) is 15.6 Å². The predicted molar refractivity (Wildman–Crippen MR) is 107 cm³/mol. The topological polar surface area (TPSA) is 80.3 Å². The number of nitrogens with one attached hydrogen (secondary N) is 1. The van der Waals surface area contributed by atoms with Crippen LogP contribution < -0.4 is 4.72 Å². The fourth-order valence-corrected chi connectivity index (χ4v) is 6.65. The van der Waals surface area contributed by atoms with Gasteiger partial charge in [-0.2, -0.15) is 0 Å². The average molecular weight is 422 g/mol. The number of hydrogen-bond donors (Lipinski definition) is 1. The molecule has 3 aromatic rings. The van der Waals surface area contributed by atoms with Crippen LogP contribution in [-0.2, 0) is 19.9 Å². The summed E-state index contributed by atoms with van der Waals surface area (Å²) < 4.78 is 54.0. The molecule has 0 aliphatic rings. The highest BCUT2D eigenvalue weighted by molar-refractivity contribution is 7.93. The summed E-state index contributed by atoms with van der Waals surface area (Å²) in [6.07, 6.45) is 0. The molecule has 0 bridgehead atoms. The summed E-state index contributed by atoms with van der Waals surface area (Å²) in [7, 11) is -7.55. The molecule has 142 valence electrons. The van der Waals surface area contributed by atoms with Crippen LogP contribution in [0.5, 0.6) is 0 Å². The lowest BCUT2D eigenvalue weighted by Gasteiger charge is -2.18. The van der Waals surface area contributed by atoms with Gasteiger partial charge in [0, 0.05) is 6.54 Å². The van der Waals surface area contributed by atoms with Gasteiger partial charge in [0.25, 0.3) is 0 Å². The summed E-state index contributed by atoms with van der Waals surface area (Å²) in [5, 5.41) is 0.670. The van der Waals surface area contributed by atoms with Crippen LogP contribution in [0.15, 0.2) is 81.2 Å². The van der Waals surface area contributed by atoms with Crippen molar-refractivity contribution in [2.75, 3.05) is 6.54 Å². The van der Waals surface area contributed by atoms with Gasteiger partial charge < -0.3 is 0 Å². The van der Waals surface area contributed by atoms with Crippen LogP contribution in [0.4, 0.5) is 0 Å². The van der Waals surface area contributed by atoms with E-state index >= 15 is 0 Å². The Morgan fingerprint density at radius 3 is 2.15 bits per heavy atom. The third kappa shape index (κ3) is 4.47. The standard InChI is InChI=1S/C19H19NO4S3/c1-15-9-11-17(12-10-15)27(23,24)20-14-18(16-6-3-2-4-7-16)26(21,22)19-8-5-13-25-19/h2-13,18,20H,14H2,1H3. The van der Waals surface area contributed by atoms with Crippen molar-refractivity contribution < 1.29 is 16.8 Å². The fraction of sp³-hybridized carbons (Fsp3) is 0.158. The second kappa shape index (κ2) is 7.93. The molecular formula is C19H19NO4S3. The lowest BCUT2D eigenvalue weighted by Crippen LogP contribution is -2.31. The van der Waals surface area contributed by atoms with Crippen molar-refractivity contribution in [2.24, 2.45) is 0 Å². The van der Waals surface area contributed by atoms with Crippen LogP contribution in [0.1, 0.15) is 16.4 Å². The molecule has 27 heavy (non-hydrogen) atoms.